The fourth-order valence-electron chi connectivity index (χ4n) is 4.40. The molecule has 0 radical (unpaired) electrons. The number of carbonyl (C=O) groups is 2. The Bertz CT molecular complexity index is 821. The maximum atomic E-state index is 12.8. The first kappa shape index (κ1) is 19.6. The normalized spacial score (nSPS) is 18.6. The maximum absolute atomic E-state index is 12.8. The van der Waals surface area contributed by atoms with Gasteiger partial charge in [0.25, 0.3) is 5.91 Å². The average Bonchev–Trinajstić information content (AvgIpc) is 3.25. The number of benzene rings is 1. The van der Waals surface area contributed by atoms with Gasteiger partial charge in [0.1, 0.15) is 0 Å². The largest absolute Gasteiger partial charge is 0.353 e. The van der Waals surface area contributed by atoms with Crippen LogP contribution >= 0.6 is 0 Å². The number of hydrogen-bond donors (Lipinski definition) is 1. The van der Waals surface area contributed by atoms with Gasteiger partial charge in [-0.05, 0) is 43.7 Å². The molecule has 0 unspecified atom stereocenters. The van der Waals surface area contributed by atoms with E-state index >= 15 is 0 Å². The summed E-state index contributed by atoms with van der Waals surface area (Å²) in [4.78, 5) is 26.9. The number of para-hydroxylation sites is 1. The van der Waals surface area contributed by atoms with Crippen molar-refractivity contribution in [2.75, 3.05) is 13.1 Å². The van der Waals surface area contributed by atoms with Gasteiger partial charge in [0.05, 0.1) is 11.9 Å². The number of rotatable bonds is 5. The first-order chi connectivity index (χ1) is 14.2. The molecule has 0 atom stereocenters. The molecule has 0 bridgehead atoms. The number of piperidine rings is 1. The third kappa shape index (κ3) is 5.02. The standard InChI is InChI=1S/C22H29N5O2/c28-21(15-17-7-3-1-4-8-17)23-18-11-13-26(14-12-18)22(29)20-16-27(25-24-20)19-9-5-2-6-10-19/h2,5-6,9-10,16-18H,1,3-4,7-8,11-15H2,(H,23,28). The molecule has 154 valence electrons. The Balaban J connectivity index is 1.25. The minimum absolute atomic E-state index is 0.0980. The molecule has 2 aliphatic rings. The summed E-state index contributed by atoms with van der Waals surface area (Å²) in [5, 5.41) is 11.3. The molecule has 1 aromatic heterocycles. The van der Waals surface area contributed by atoms with E-state index in [1.54, 1.807) is 10.9 Å². The van der Waals surface area contributed by atoms with E-state index in [1.165, 1.54) is 32.1 Å². The van der Waals surface area contributed by atoms with Gasteiger partial charge in [-0.1, -0.05) is 42.7 Å². The summed E-state index contributed by atoms with van der Waals surface area (Å²) < 4.78 is 1.62. The molecule has 1 aliphatic carbocycles. The second-order valence-corrected chi connectivity index (χ2v) is 8.23. The number of hydrogen-bond acceptors (Lipinski definition) is 4. The van der Waals surface area contributed by atoms with Crippen molar-refractivity contribution in [3.63, 3.8) is 0 Å². The molecule has 1 aromatic carbocycles. The van der Waals surface area contributed by atoms with E-state index in [1.807, 2.05) is 35.2 Å². The van der Waals surface area contributed by atoms with Crippen molar-refractivity contribution in [1.29, 1.82) is 0 Å². The van der Waals surface area contributed by atoms with Gasteiger partial charge in [-0.2, -0.15) is 0 Å². The highest BCUT2D eigenvalue weighted by Gasteiger charge is 2.27. The van der Waals surface area contributed by atoms with Crippen LogP contribution in [0.15, 0.2) is 36.5 Å². The predicted octanol–water partition coefficient (Wildman–Crippen LogP) is 2.96. The maximum Gasteiger partial charge on any atom is 0.276 e. The summed E-state index contributed by atoms with van der Waals surface area (Å²) in [6.45, 7) is 1.26. The van der Waals surface area contributed by atoms with Gasteiger partial charge in [0.2, 0.25) is 5.91 Å². The third-order valence-electron chi connectivity index (χ3n) is 6.08. The number of nitrogens with one attached hydrogen (secondary N) is 1. The average molecular weight is 396 g/mol. The Morgan fingerprint density at radius 3 is 2.45 bits per heavy atom. The predicted molar refractivity (Wildman–Crippen MR) is 110 cm³/mol. The van der Waals surface area contributed by atoms with Gasteiger partial charge in [0.15, 0.2) is 5.69 Å². The number of carbonyl (C=O) groups excluding carboxylic acids is 2. The molecule has 2 amide bonds. The molecule has 7 nitrogen and oxygen atoms in total. The minimum Gasteiger partial charge on any atom is -0.353 e. The van der Waals surface area contributed by atoms with E-state index in [4.69, 9.17) is 0 Å². The van der Waals surface area contributed by atoms with Crippen LogP contribution in [0.4, 0.5) is 0 Å². The SMILES string of the molecule is O=C(CC1CCCCC1)NC1CCN(C(=O)c2cn(-c3ccccc3)nn2)CC1. The lowest BCUT2D eigenvalue weighted by atomic mass is 9.86. The van der Waals surface area contributed by atoms with Crippen LogP contribution in [-0.4, -0.2) is 50.8 Å². The van der Waals surface area contributed by atoms with Crippen LogP contribution in [0.1, 0.15) is 61.9 Å². The van der Waals surface area contributed by atoms with Crippen molar-refractivity contribution in [1.82, 2.24) is 25.2 Å². The Labute approximate surface area is 171 Å². The fourth-order valence-corrected chi connectivity index (χ4v) is 4.40. The molecule has 7 heteroatoms. The summed E-state index contributed by atoms with van der Waals surface area (Å²) in [6, 6.07) is 9.78. The first-order valence-corrected chi connectivity index (χ1v) is 10.8. The highest BCUT2D eigenvalue weighted by atomic mass is 16.2. The lowest BCUT2D eigenvalue weighted by Gasteiger charge is -2.32. The molecule has 1 saturated heterocycles. The van der Waals surface area contributed by atoms with Crippen LogP contribution in [-0.2, 0) is 4.79 Å². The van der Waals surface area contributed by atoms with Crippen LogP contribution in [0.2, 0.25) is 0 Å². The monoisotopic (exact) mass is 395 g/mol. The van der Waals surface area contributed by atoms with Gasteiger partial charge in [-0.3, -0.25) is 9.59 Å². The van der Waals surface area contributed by atoms with E-state index in [0.29, 0.717) is 31.1 Å². The summed E-state index contributed by atoms with van der Waals surface area (Å²) >= 11 is 0. The van der Waals surface area contributed by atoms with Crippen molar-refractivity contribution in [3.8, 4) is 5.69 Å². The molecule has 4 rings (SSSR count). The zero-order valence-corrected chi connectivity index (χ0v) is 16.8. The van der Waals surface area contributed by atoms with Crippen LogP contribution in [0.3, 0.4) is 0 Å². The van der Waals surface area contributed by atoms with Crippen LogP contribution in [0, 0.1) is 5.92 Å². The zero-order valence-electron chi connectivity index (χ0n) is 16.8. The van der Waals surface area contributed by atoms with Crippen LogP contribution in [0.5, 0.6) is 0 Å². The highest BCUT2D eigenvalue weighted by molar-refractivity contribution is 5.92. The number of amides is 2. The minimum atomic E-state index is -0.0980. The molecule has 1 saturated carbocycles. The summed E-state index contributed by atoms with van der Waals surface area (Å²) in [7, 11) is 0. The quantitative estimate of drug-likeness (QED) is 0.844. The van der Waals surface area contributed by atoms with Crippen molar-refractivity contribution < 1.29 is 9.59 Å². The van der Waals surface area contributed by atoms with E-state index in [9.17, 15) is 9.59 Å². The van der Waals surface area contributed by atoms with E-state index < -0.39 is 0 Å². The van der Waals surface area contributed by atoms with Crippen molar-refractivity contribution in [2.24, 2.45) is 5.92 Å². The van der Waals surface area contributed by atoms with Gasteiger partial charge < -0.3 is 10.2 Å². The Morgan fingerprint density at radius 2 is 1.72 bits per heavy atom. The van der Waals surface area contributed by atoms with Crippen molar-refractivity contribution in [3.05, 3.63) is 42.2 Å². The van der Waals surface area contributed by atoms with E-state index in [-0.39, 0.29) is 17.9 Å². The van der Waals surface area contributed by atoms with Crippen molar-refractivity contribution in [2.45, 2.75) is 57.4 Å². The van der Waals surface area contributed by atoms with Crippen LogP contribution in [0.25, 0.3) is 5.69 Å². The second-order valence-electron chi connectivity index (χ2n) is 8.23. The second kappa shape index (κ2) is 9.20. The Hall–Kier alpha value is -2.70. The number of likely N-dealkylation sites (tertiary alicyclic amines) is 1. The zero-order chi connectivity index (χ0) is 20.1. The smallest absolute Gasteiger partial charge is 0.276 e. The molecule has 0 spiro atoms. The van der Waals surface area contributed by atoms with Crippen LogP contribution < -0.4 is 5.32 Å². The number of nitrogens with zero attached hydrogens (tertiary/aromatic N) is 4. The molecule has 1 N–H and O–H groups in total. The van der Waals surface area contributed by atoms with E-state index in [0.717, 1.165) is 18.5 Å². The van der Waals surface area contributed by atoms with Gasteiger partial charge in [-0.15, -0.1) is 5.10 Å². The Kier molecular flexibility index (Phi) is 6.22. The molecule has 1 aliphatic heterocycles. The lowest BCUT2D eigenvalue weighted by molar-refractivity contribution is -0.123. The summed E-state index contributed by atoms with van der Waals surface area (Å²) in [6.07, 6.45) is 10.1. The van der Waals surface area contributed by atoms with Gasteiger partial charge >= 0.3 is 0 Å². The molecule has 2 fully saturated rings. The Morgan fingerprint density at radius 1 is 1.00 bits per heavy atom. The molecular weight excluding hydrogens is 366 g/mol. The molecular formula is C22H29N5O2. The number of aromatic nitrogens is 3. The van der Waals surface area contributed by atoms with E-state index in [2.05, 4.69) is 15.6 Å². The topological polar surface area (TPSA) is 80.1 Å². The van der Waals surface area contributed by atoms with Gasteiger partial charge in [0, 0.05) is 25.6 Å². The first-order valence-electron chi connectivity index (χ1n) is 10.8. The molecule has 2 aromatic rings. The van der Waals surface area contributed by atoms with Crippen molar-refractivity contribution >= 4 is 11.8 Å². The fraction of sp³-hybridized carbons (Fsp3) is 0.545. The highest BCUT2D eigenvalue weighted by Crippen LogP contribution is 2.26. The van der Waals surface area contributed by atoms with Gasteiger partial charge in [-0.25, -0.2) is 4.68 Å². The summed E-state index contributed by atoms with van der Waals surface area (Å²) in [5.41, 5.74) is 1.23. The molecule has 29 heavy (non-hydrogen) atoms. The molecule has 2 heterocycles. The third-order valence-corrected chi connectivity index (χ3v) is 6.08. The lowest BCUT2D eigenvalue weighted by Crippen LogP contribution is -2.46. The summed E-state index contributed by atoms with van der Waals surface area (Å²) in [5.74, 6) is 0.629.